The van der Waals surface area contributed by atoms with E-state index in [2.05, 4.69) is 4.90 Å². The van der Waals surface area contributed by atoms with E-state index in [4.69, 9.17) is 4.74 Å². The van der Waals surface area contributed by atoms with E-state index < -0.39 is 11.7 Å². The molecular weight excluding hydrogens is 425 g/mol. The number of esters is 1. The first-order chi connectivity index (χ1) is 15.2. The highest BCUT2D eigenvalue weighted by molar-refractivity contribution is 5.94. The minimum atomic E-state index is -4.42. The quantitative estimate of drug-likeness (QED) is 0.704. The van der Waals surface area contributed by atoms with Gasteiger partial charge in [0.15, 0.2) is 0 Å². The summed E-state index contributed by atoms with van der Waals surface area (Å²) < 4.78 is 43.5. The van der Waals surface area contributed by atoms with Gasteiger partial charge in [-0.1, -0.05) is 0 Å². The van der Waals surface area contributed by atoms with Gasteiger partial charge in [-0.2, -0.15) is 13.2 Å². The molecule has 9 heteroatoms. The maximum absolute atomic E-state index is 12.7. The number of carbonyl (C=O) groups excluding carboxylic acids is 2. The molecular formula is C23H23F3N2O4. The van der Waals surface area contributed by atoms with E-state index in [1.165, 1.54) is 18.2 Å². The number of phenolic OH excluding ortho intramolecular Hbond substituents is 1. The Balaban J connectivity index is 1.24. The number of hydrogen-bond donors (Lipinski definition) is 1. The highest BCUT2D eigenvalue weighted by Gasteiger charge is 2.32. The minimum Gasteiger partial charge on any atom is -0.508 e. The Morgan fingerprint density at radius 3 is 2.41 bits per heavy atom. The second-order valence-corrected chi connectivity index (χ2v) is 8.02. The largest absolute Gasteiger partial charge is 0.508 e. The Kier molecular flexibility index (Phi) is 6.10. The summed E-state index contributed by atoms with van der Waals surface area (Å²) in [7, 11) is 0. The van der Waals surface area contributed by atoms with Crippen molar-refractivity contribution >= 4 is 11.9 Å². The van der Waals surface area contributed by atoms with Gasteiger partial charge in [0.05, 0.1) is 11.1 Å². The van der Waals surface area contributed by atoms with Gasteiger partial charge in [-0.3, -0.25) is 9.69 Å². The van der Waals surface area contributed by atoms with Gasteiger partial charge in [-0.05, 0) is 61.9 Å². The second-order valence-electron chi connectivity index (χ2n) is 8.02. The standard InChI is InChI=1S/C23H23F3N2O4/c24-23(25,26)16-5-3-15(4-6-16)21(30)28-12-10-27(11-13-28)9-1-2-20-19-14-17(29)7-8-18(19)22(31)32-20/h3-8,14,20,29H,1-2,9-13H2. The van der Waals surface area contributed by atoms with E-state index in [9.17, 15) is 27.9 Å². The zero-order valence-corrected chi connectivity index (χ0v) is 17.3. The average molecular weight is 448 g/mol. The van der Waals surface area contributed by atoms with Gasteiger partial charge in [-0.15, -0.1) is 0 Å². The molecule has 0 aliphatic carbocycles. The van der Waals surface area contributed by atoms with Crippen LogP contribution in [0.5, 0.6) is 5.75 Å². The number of nitrogens with zero attached hydrogens (tertiary/aromatic N) is 2. The topological polar surface area (TPSA) is 70.1 Å². The summed E-state index contributed by atoms with van der Waals surface area (Å²) in [6.07, 6.45) is -3.38. The fourth-order valence-corrected chi connectivity index (χ4v) is 4.13. The Morgan fingerprint density at radius 2 is 1.75 bits per heavy atom. The lowest BCUT2D eigenvalue weighted by Gasteiger charge is -2.35. The molecule has 170 valence electrons. The van der Waals surface area contributed by atoms with Crippen LogP contribution in [0, 0.1) is 0 Å². The van der Waals surface area contributed by atoms with Crippen LogP contribution in [0.3, 0.4) is 0 Å². The monoisotopic (exact) mass is 448 g/mol. The van der Waals surface area contributed by atoms with Crippen molar-refractivity contribution < 1.29 is 32.6 Å². The molecule has 2 aromatic rings. The van der Waals surface area contributed by atoms with Gasteiger partial charge >= 0.3 is 12.1 Å². The summed E-state index contributed by atoms with van der Waals surface area (Å²) in [4.78, 5) is 28.4. The summed E-state index contributed by atoms with van der Waals surface area (Å²) in [5, 5.41) is 9.67. The molecule has 0 spiro atoms. The molecule has 1 N–H and O–H groups in total. The zero-order chi connectivity index (χ0) is 22.9. The first-order valence-electron chi connectivity index (χ1n) is 10.4. The third-order valence-electron chi connectivity index (χ3n) is 5.91. The Morgan fingerprint density at radius 1 is 1.06 bits per heavy atom. The first kappa shape index (κ1) is 22.1. The van der Waals surface area contributed by atoms with E-state index in [1.807, 2.05) is 0 Å². The average Bonchev–Trinajstić information content (AvgIpc) is 3.08. The van der Waals surface area contributed by atoms with Crippen LogP contribution in [-0.2, 0) is 10.9 Å². The van der Waals surface area contributed by atoms with Crippen molar-refractivity contribution in [2.45, 2.75) is 25.1 Å². The molecule has 0 aromatic heterocycles. The molecule has 1 atom stereocenters. The number of cyclic esters (lactones) is 1. The predicted molar refractivity (Wildman–Crippen MR) is 109 cm³/mol. The van der Waals surface area contributed by atoms with E-state index in [0.717, 1.165) is 25.1 Å². The minimum absolute atomic E-state index is 0.0980. The second kappa shape index (κ2) is 8.82. The zero-order valence-electron chi connectivity index (χ0n) is 17.3. The van der Waals surface area contributed by atoms with Gasteiger partial charge in [0.1, 0.15) is 11.9 Å². The number of fused-ring (bicyclic) bond motifs is 1. The lowest BCUT2D eigenvalue weighted by molar-refractivity contribution is -0.137. The van der Waals surface area contributed by atoms with Crippen LogP contribution in [0.25, 0.3) is 0 Å². The lowest BCUT2D eigenvalue weighted by atomic mass is 10.0. The molecule has 1 amide bonds. The predicted octanol–water partition coefficient (Wildman–Crippen LogP) is 3.86. The highest BCUT2D eigenvalue weighted by Crippen LogP contribution is 2.36. The Hall–Kier alpha value is -3.07. The van der Waals surface area contributed by atoms with Gasteiger partial charge in [0.25, 0.3) is 5.91 Å². The van der Waals surface area contributed by atoms with Crippen LogP contribution in [0.4, 0.5) is 13.2 Å². The lowest BCUT2D eigenvalue weighted by Crippen LogP contribution is -2.48. The fraction of sp³-hybridized carbons (Fsp3) is 0.391. The van der Waals surface area contributed by atoms with Crippen LogP contribution in [0.1, 0.15) is 50.8 Å². The Bertz CT molecular complexity index is 999. The van der Waals surface area contributed by atoms with E-state index in [-0.39, 0.29) is 29.3 Å². The number of aromatic hydroxyl groups is 1. The van der Waals surface area contributed by atoms with Gasteiger partial charge < -0.3 is 14.7 Å². The number of amides is 1. The van der Waals surface area contributed by atoms with Crippen molar-refractivity contribution in [1.82, 2.24) is 9.80 Å². The number of halogens is 3. The van der Waals surface area contributed by atoms with Crippen LogP contribution < -0.4 is 0 Å². The van der Waals surface area contributed by atoms with Gasteiger partial charge in [0, 0.05) is 37.3 Å². The van der Waals surface area contributed by atoms with Crippen LogP contribution in [-0.4, -0.2) is 59.5 Å². The SMILES string of the molecule is O=C1OC(CCCN2CCN(C(=O)c3ccc(C(F)(F)F)cc3)CC2)c2cc(O)ccc21. The third-order valence-corrected chi connectivity index (χ3v) is 5.91. The number of piperazine rings is 1. The van der Waals surface area contributed by atoms with E-state index >= 15 is 0 Å². The van der Waals surface area contributed by atoms with Crippen LogP contribution in [0.2, 0.25) is 0 Å². The molecule has 0 bridgehead atoms. The number of phenols is 1. The highest BCUT2D eigenvalue weighted by atomic mass is 19.4. The molecule has 1 saturated heterocycles. The molecule has 2 heterocycles. The smallest absolute Gasteiger partial charge is 0.416 e. The number of rotatable bonds is 5. The number of alkyl halides is 3. The molecule has 2 aliphatic rings. The molecule has 1 unspecified atom stereocenters. The third kappa shape index (κ3) is 4.72. The summed E-state index contributed by atoms with van der Waals surface area (Å²) in [5.41, 5.74) is 0.672. The first-order valence-corrected chi connectivity index (χ1v) is 10.4. The maximum atomic E-state index is 12.7. The van der Waals surface area contributed by atoms with Crippen molar-refractivity contribution in [1.29, 1.82) is 0 Å². The fourth-order valence-electron chi connectivity index (χ4n) is 4.13. The normalized spacial score (nSPS) is 19.0. The molecule has 1 fully saturated rings. The molecule has 4 rings (SSSR count). The van der Waals surface area contributed by atoms with Crippen molar-refractivity contribution in [2.24, 2.45) is 0 Å². The molecule has 2 aliphatic heterocycles. The van der Waals surface area contributed by atoms with Crippen molar-refractivity contribution in [3.05, 3.63) is 64.7 Å². The van der Waals surface area contributed by atoms with Crippen LogP contribution in [0.15, 0.2) is 42.5 Å². The number of carbonyl (C=O) groups is 2. The summed E-state index contributed by atoms with van der Waals surface area (Å²) in [6, 6.07) is 8.89. The molecule has 32 heavy (non-hydrogen) atoms. The van der Waals surface area contributed by atoms with Gasteiger partial charge in [0.2, 0.25) is 0 Å². The summed E-state index contributed by atoms with van der Waals surface area (Å²) in [6.45, 7) is 3.08. The number of ether oxygens (including phenoxy) is 1. The van der Waals surface area contributed by atoms with Crippen molar-refractivity contribution in [3.63, 3.8) is 0 Å². The van der Waals surface area contributed by atoms with E-state index in [0.29, 0.717) is 43.7 Å². The van der Waals surface area contributed by atoms with Crippen LogP contribution >= 0.6 is 0 Å². The Labute approximate surface area is 183 Å². The summed E-state index contributed by atoms with van der Waals surface area (Å²) >= 11 is 0. The molecule has 0 saturated carbocycles. The maximum Gasteiger partial charge on any atom is 0.416 e. The van der Waals surface area contributed by atoms with Crippen molar-refractivity contribution in [3.8, 4) is 5.75 Å². The number of benzene rings is 2. The number of hydrogen-bond acceptors (Lipinski definition) is 5. The molecule has 6 nitrogen and oxygen atoms in total. The van der Waals surface area contributed by atoms with Crippen molar-refractivity contribution in [2.75, 3.05) is 32.7 Å². The molecule has 2 aromatic carbocycles. The molecule has 0 radical (unpaired) electrons. The summed E-state index contributed by atoms with van der Waals surface area (Å²) in [5.74, 6) is -0.547. The van der Waals surface area contributed by atoms with Gasteiger partial charge in [-0.25, -0.2) is 4.79 Å². The van der Waals surface area contributed by atoms with E-state index in [1.54, 1.807) is 17.0 Å².